The topological polar surface area (TPSA) is 12.0 Å². The molecule has 2 rings (SSSR count). The molecule has 1 aliphatic rings. The summed E-state index contributed by atoms with van der Waals surface area (Å²) >= 11 is 9.51. The van der Waals surface area contributed by atoms with E-state index < -0.39 is 0 Å². The lowest BCUT2D eigenvalue weighted by Gasteiger charge is -2.39. The van der Waals surface area contributed by atoms with Gasteiger partial charge in [0.2, 0.25) is 0 Å². The third kappa shape index (κ3) is 2.72. The van der Waals surface area contributed by atoms with Gasteiger partial charge in [-0.3, -0.25) is 0 Å². The maximum atomic E-state index is 5.98. The Balaban J connectivity index is 1.94. The van der Waals surface area contributed by atoms with Gasteiger partial charge in [0.05, 0.1) is 5.69 Å². The van der Waals surface area contributed by atoms with Gasteiger partial charge in [-0.25, -0.2) is 0 Å². The van der Waals surface area contributed by atoms with Crippen molar-refractivity contribution in [1.82, 2.24) is 0 Å². The molecule has 1 aromatic rings. The molecule has 1 fully saturated rings. The third-order valence-electron chi connectivity index (χ3n) is 3.41. The molecular weight excluding hydrogens is 286 g/mol. The molecule has 0 spiro atoms. The van der Waals surface area contributed by atoms with Crippen molar-refractivity contribution in [1.29, 1.82) is 0 Å². The van der Waals surface area contributed by atoms with E-state index in [0.29, 0.717) is 6.04 Å². The van der Waals surface area contributed by atoms with Gasteiger partial charge in [0, 0.05) is 15.5 Å². The Bertz CT molecular complexity index is 372. The molecule has 1 N–H and O–H groups in total. The fourth-order valence-corrected chi connectivity index (χ4v) is 2.69. The minimum atomic E-state index is 0.613. The molecule has 0 saturated heterocycles. The smallest absolute Gasteiger partial charge is 0.0501 e. The van der Waals surface area contributed by atoms with Crippen molar-refractivity contribution >= 4 is 33.2 Å². The molecule has 1 aromatic carbocycles. The van der Waals surface area contributed by atoms with E-state index in [1.165, 1.54) is 12.8 Å². The summed E-state index contributed by atoms with van der Waals surface area (Å²) in [7, 11) is 0. The number of benzene rings is 1. The normalized spacial score (nSPS) is 24.3. The molecule has 0 aromatic heterocycles. The van der Waals surface area contributed by atoms with Crippen molar-refractivity contribution in [3.63, 3.8) is 0 Å². The molecule has 0 radical (unpaired) electrons. The molecule has 0 unspecified atom stereocenters. The van der Waals surface area contributed by atoms with Crippen LogP contribution in [0.2, 0.25) is 5.02 Å². The van der Waals surface area contributed by atoms with E-state index >= 15 is 0 Å². The summed E-state index contributed by atoms with van der Waals surface area (Å²) < 4.78 is 1.09. The molecule has 0 amide bonds. The Kier molecular flexibility index (Phi) is 3.81. The summed E-state index contributed by atoms with van der Waals surface area (Å²) in [4.78, 5) is 0. The van der Waals surface area contributed by atoms with Crippen LogP contribution in [0.3, 0.4) is 0 Å². The average Bonchev–Trinajstić information content (AvgIpc) is 2.15. The lowest BCUT2D eigenvalue weighted by molar-refractivity contribution is 0.212. The Morgan fingerprint density at radius 3 is 2.69 bits per heavy atom. The van der Waals surface area contributed by atoms with Crippen LogP contribution in [0.25, 0.3) is 0 Å². The van der Waals surface area contributed by atoms with Crippen molar-refractivity contribution < 1.29 is 0 Å². The second-order valence-electron chi connectivity index (χ2n) is 4.94. The first kappa shape index (κ1) is 12.3. The van der Waals surface area contributed by atoms with Gasteiger partial charge in [0.25, 0.3) is 0 Å². The predicted molar refractivity (Wildman–Crippen MR) is 74.1 cm³/mol. The Morgan fingerprint density at radius 2 is 2.06 bits per heavy atom. The van der Waals surface area contributed by atoms with Crippen LogP contribution in [0.5, 0.6) is 0 Å². The number of halogens is 2. The molecule has 3 heteroatoms. The van der Waals surface area contributed by atoms with Crippen LogP contribution < -0.4 is 5.32 Å². The quantitative estimate of drug-likeness (QED) is 0.833. The second kappa shape index (κ2) is 4.97. The number of rotatable bonds is 3. The van der Waals surface area contributed by atoms with Crippen LogP contribution in [0.4, 0.5) is 5.69 Å². The standard InChI is InChI=1S/C13H17BrClN/c1-8(2)9-5-11(6-9)16-13-7-10(15)3-4-12(13)14/h3-4,7-9,11,16H,5-6H2,1-2H3. The van der Waals surface area contributed by atoms with E-state index in [9.17, 15) is 0 Å². The minimum Gasteiger partial charge on any atom is -0.381 e. The zero-order valence-electron chi connectivity index (χ0n) is 9.63. The molecule has 0 bridgehead atoms. The van der Waals surface area contributed by atoms with Gasteiger partial charge in [-0.2, -0.15) is 0 Å². The molecule has 1 aliphatic carbocycles. The molecule has 88 valence electrons. The largest absolute Gasteiger partial charge is 0.381 e. The van der Waals surface area contributed by atoms with Gasteiger partial charge in [0.15, 0.2) is 0 Å². The van der Waals surface area contributed by atoms with E-state index in [-0.39, 0.29) is 0 Å². The second-order valence-corrected chi connectivity index (χ2v) is 6.23. The predicted octanol–water partition coefficient (Wildman–Crippen LogP) is 4.95. The van der Waals surface area contributed by atoms with Gasteiger partial charge in [-0.15, -0.1) is 0 Å². The molecule has 0 heterocycles. The van der Waals surface area contributed by atoms with Gasteiger partial charge in [-0.05, 0) is 58.8 Å². The van der Waals surface area contributed by atoms with E-state index in [4.69, 9.17) is 11.6 Å². The van der Waals surface area contributed by atoms with Crippen molar-refractivity contribution in [2.45, 2.75) is 32.7 Å². The Hall–Kier alpha value is -0.210. The third-order valence-corrected chi connectivity index (χ3v) is 4.33. The van der Waals surface area contributed by atoms with Gasteiger partial charge in [0.1, 0.15) is 0 Å². The summed E-state index contributed by atoms with van der Waals surface area (Å²) in [6.07, 6.45) is 2.55. The fourth-order valence-electron chi connectivity index (χ4n) is 2.15. The number of nitrogens with one attached hydrogen (secondary N) is 1. The minimum absolute atomic E-state index is 0.613. The monoisotopic (exact) mass is 301 g/mol. The fraction of sp³-hybridized carbons (Fsp3) is 0.538. The molecule has 1 nitrogen and oxygen atoms in total. The van der Waals surface area contributed by atoms with Gasteiger partial charge in [-0.1, -0.05) is 25.4 Å². The highest BCUT2D eigenvalue weighted by Gasteiger charge is 2.31. The summed E-state index contributed by atoms with van der Waals surface area (Å²) in [5.41, 5.74) is 1.11. The lowest BCUT2D eigenvalue weighted by atomic mass is 9.73. The van der Waals surface area contributed by atoms with E-state index in [1.807, 2.05) is 18.2 Å². The van der Waals surface area contributed by atoms with E-state index in [1.54, 1.807) is 0 Å². The van der Waals surface area contributed by atoms with Crippen LogP contribution in [-0.2, 0) is 0 Å². The first-order valence-corrected chi connectivity index (χ1v) is 6.95. The van der Waals surface area contributed by atoms with Crippen LogP contribution in [0, 0.1) is 11.8 Å². The summed E-state index contributed by atoms with van der Waals surface area (Å²) in [5, 5.41) is 4.32. The maximum absolute atomic E-state index is 5.98. The van der Waals surface area contributed by atoms with Crippen LogP contribution in [0.15, 0.2) is 22.7 Å². The van der Waals surface area contributed by atoms with Crippen LogP contribution in [0.1, 0.15) is 26.7 Å². The highest BCUT2D eigenvalue weighted by Crippen LogP contribution is 2.37. The van der Waals surface area contributed by atoms with Crippen molar-refractivity contribution in [2.75, 3.05) is 5.32 Å². The van der Waals surface area contributed by atoms with E-state index in [0.717, 1.165) is 27.0 Å². The zero-order chi connectivity index (χ0) is 11.7. The number of anilines is 1. The molecule has 0 aliphatic heterocycles. The van der Waals surface area contributed by atoms with Crippen LogP contribution in [-0.4, -0.2) is 6.04 Å². The molecule has 0 atom stereocenters. The van der Waals surface area contributed by atoms with Crippen molar-refractivity contribution in [2.24, 2.45) is 11.8 Å². The lowest BCUT2D eigenvalue weighted by Crippen LogP contribution is -2.37. The highest BCUT2D eigenvalue weighted by atomic mass is 79.9. The summed E-state index contributed by atoms with van der Waals surface area (Å²) in [6, 6.07) is 6.48. The Morgan fingerprint density at radius 1 is 1.38 bits per heavy atom. The van der Waals surface area contributed by atoms with Crippen molar-refractivity contribution in [3.05, 3.63) is 27.7 Å². The molecule has 1 saturated carbocycles. The van der Waals surface area contributed by atoms with Gasteiger partial charge >= 0.3 is 0 Å². The zero-order valence-corrected chi connectivity index (χ0v) is 12.0. The number of hydrogen-bond donors (Lipinski definition) is 1. The first-order valence-electron chi connectivity index (χ1n) is 5.78. The van der Waals surface area contributed by atoms with Crippen LogP contribution >= 0.6 is 27.5 Å². The Labute approximate surface area is 111 Å². The summed E-state index contributed by atoms with van der Waals surface area (Å²) in [5.74, 6) is 1.69. The highest BCUT2D eigenvalue weighted by molar-refractivity contribution is 9.10. The average molecular weight is 303 g/mol. The molecular formula is C13H17BrClN. The van der Waals surface area contributed by atoms with Crippen molar-refractivity contribution in [3.8, 4) is 0 Å². The van der Waals surface area contributed by atoms with E-state index in [2.05, 4.69) is 35.1 Å². The SMILES string of the molecule is CC(C)C1CC(Nc2cc(Cl)ccc2Br)C1. The maximum Gasteiger partial charge on any atom is 0.0501 e. The first-order chi connectivity index (χ1) is 7.56. The number of hydrogen-bond acceptors (Lipinski definition) is 1. The molecule has 16 heavy (non-hydrogen) atoms. The summed E-state index contributed by atoms with van der Waals surface area (Å²) in [6.45, 7) is 4.60. The van der Waals surface area contributed by atoms with Gasteiger partial charge < -0.3 is 5.32 Å².